The topological polar surface area (TPSA) is 61.0 Å². The quantitative estimate of drug-likeness (QED) is 0.909. The van der Waals surface area contributed by atoms with E-state index < -0.39 is 0 Å². The first-order valence-corrected chi connectivity index (χ1v) is 7.70. The van der Waals surface area contributed by atoms with E-state index in [1.807, 2.05) is 23.1 Å². The lowest BCUT2D eigenvalue weighted by Gasteiger charge is -2.40. The zero-order chi connectivity index (χ0) is 14.8. The van der Waals surface area contributed by atoms with Crippen molar-refractivity contribution in [3.63, 3.8) is 0 Å². The lowest BCUT2D eigenvalue weighted by molar-refractivity contribution is 0.0576. The first-order valence-electron chi connectivity index (χ1n) is 7.70. The van der Waals surface area contributed by atoms with Crippen LogP contribution in [0.5, 0.6) is 0 Å². The summed E-state index contributed by atoms with van der Waals surface area (Å²) in [5.74, 6) is 0.123. The number of amides is 1. The number of H-pyrrole nitrogens is 1. The van der Waals surface area contributed by atoms with Crippen molar-refractivity contribution in [2.24, 2.45) is 0 Å². The summed E-state index contributed by atoms with van der Waals surface area (Å²) in [5.41, 5.74) is 1.65. The number of fused-ring (bicyclic) bond motifs is 1. The molecule has 0 bridgehead atoms. The Morgan fingerprint density at radius 1 is 1.38 bits per heavy atom. The minimum absolute atomic E-state index is 0.123. The second-order valence-electron chi connectivity index (χ2n) is 5.71. The lowest BCUT2D eigenvalue weighted by Crippen LogP contribution is -2.57. The molecule has 0 aliphatic carbocycles. The Balaban J connectivity index is 1.87. The molecule has 112 valence electrons. The second kappa shape index (κ2) is 5.85. The van der Waals surface area contributed by atoms with Gasteiger partial charge in [0.15, 0.2) is 0 Å². The first-order chi connectivity index (χ1) is 10.2. The molecule has 0 saturated carbocycles. The fourth-order valence-electron chi connectivity index (χ4n) is 2.99. The van der Waals surface area contributed by atoms with E-state index in [0.29, 0.717) is 6.04 Å². The van der Waals surface area contributed by atoms with Crippen LogP contribution in [0.1, 0.15) is 37.0 Å². The molecule has 1 aliphatic rings. The molecule has 21 heavy (non-hydrogen) atoms. The largest absolute Gasteiger partial charge is 0.333 e. The highest BCUT2D eigenvalue weighted by atomic mass is 16.2. The Morgan fingerprint density at radius 2 is 2.24 bits per heavy atom. The van der Waals surface area contributed by atoms with Gasteiger partial charge in [-0.2, -0.15) is 5.10 Å². The van der Waals surface area contributed by atoms with Gasteiger partial charge in [0.1, 0.15) is 0 Å². The summed E-state index contributed by atoms with van der Waals surface area (Å²) in [7, 11) is 0. The molecule has 2 aromatic rings. The van der Waals surface area contributed by atoms with Crippen molar-refractivity contribution >= 4 is 16.8 Å². The van der Waals surface area contributed by atoms with E-state index in [1.165, 1.54) is 0 Å². The summed E-state index contributed by atoms with van der Waals surface area (Å²) < 4.78 is 0. The van der Waals surface area contributed by atoms with Crippen molar-refractivity contribution in [3.8, 4) is 0 Å². The Bertz CT molecular complexity index is 636. The third kappa shape index (κ3) is 2.65. The van der Waals surface area contributed by atoms with E-state index in [4.69, 9.17) is 0 Å². The van der Waals surface area contributed by atoms with Gasteiger partial charge in [0.25, 0.3) is 5.91 Å². The summed E-state index contributed by atoms with van der Waals surface area (Å²) in [4.78, 5) is 14.9. The molecular formula is C16H22N4O. The summed E-state index contributed by atoms with van der Waals surface area (Å²) in [6.07, 6.45) is 3.79. The Morgan fingerprint density at radius 3 is 3.00 bits per heavy atom. The van der Waals surface area contributed by atoms with Gasteiger partial charge in [-0.15, -0.1) is 0 Å². The van der Waals surface area contributed by atoms with E-state index in [0.717, 1.165) is 42.4 Å². The van der Waals surface area contributed by atoms with Crippen LogP contribution < -0.4 is 5.32 Å². The van der Waals surface area contributed by atoms with Gasteiger partial charge < -0.3 is 10.2 Å². The zero-order valence-corrected chi connectivity index (χ0v) is 12.6. The summed E-state index contributed by atoms with van der Waals surface area (Å²) in [6.45, 7) is 5.96. The lowest BCUT2D eigenvalue weighted by atomic mass is 10.0. The SMILES string of the molecule is CCC1CN(C(=O)c2ccc3cn[nH]c3c2)C(CC)CN1. The van der Waals surface area contributed by atoms with Gasteiger partial charge in [-0.05, 0) is 25.0 Å². The molecule has 1 fully saturated rings. The molecule has 2 heterocycles. The predicted molar refractivity (Wildman–Crippen MR) is 83.3 cm³/mol. The third-order valence-electron chi connectivity index (χ3n) is 4.41. The van der Waals surface area contributed by atoms with Crippen LogP contribution in [0.2, 0.25) is 0 Å². The zero-order valence-electron chi connectivity index (χ0n) is 12.6. The number of piperazine rings is 1. The van der Waals surface area contributed by atoms with Gasteiger partial charge in [-0.3, -0.25) is 9.89 Å². The molecule has 5 nitrogen and oxygen atoms in total. The number of aromatic nitrogens is 2. The van der Waals surface area contributed by atoms with Crippen molar-refractivity contribution in [2.45, 2.75) is 38.8 Å². The Hall–Kier alpha value is -1.88. The highest BCUT2D eigenvalue weighted by Gasteiger charge is 2.30. The first kappa shape index (κ1) is 14.1. The normalized spacial score (nSPS) is 22.7. The van der Waals surface area contributed by atoms with Gasteiger partial charge in [-0.1, -0.05) is 19.9 Å². The number of aromatic amines is 1. The molecule has 3 rings (SSSR count). The molecule has 2 unspecified atom stereocenters. The molecule has 2 atom stereocenters. The molecule has 1 saturated heterocycles. The highest BCUT2D eigenvalue weighted by Crippen LogP contribution is 2.19. The number of carbonyl (C=O) groups excluding carboxylic acids is 1. The molecule has 0 radical (unpaired) electrons. The van der Waals surface area contributed by atoms with Crippen LogP contribution in [0.25, 0.3) is 10.9 Å². The average Bonchev–Trinajstić information content (AvgIpc) is 3.01. The monoisotopic (exact) mass is 286 g/mol. The van der Waals surface area contributed by atoms with E-state index in [-0.39, 0.29) is 11.9 Å². The van der Waals surface area contributed by atoms with Gasteiger partial charge in [0.2, 0.25) is 0 Å². The van der Waals surface area contributed by atoms with E-state index >= 15 is 0 Å². The van der Waals surface area contributed by atoms with Crippen molar-refractivity contribution in [1.82, 2.24) is 20.4 Å². The Labute approximate surface area is 124 Å². The summed E-state index contributed by atoms with van der Waals surface area (Å²) in [5, 5.41) is 11.5. The summed E-state index contributed by atoms with van der Waals surface area (Å²) in [6, 6.07) is 6.42. The maximum atomic E-state index is 12.9. The maximum Gasteiger partial charge on any atom is 0.254 e. The van der Waals surface area contributed by atoms with Crippen LogP contribution in [0, 0.1) is 0 Å². The minimum atomic E-state index is 0.123. The highest BCUT2D eigenvalue weighted by molar-refractivity contribution is 5.98. The van der Waals surface area contributed by atoms with Crippen LogP contribution >= 0.6 is 0 Å². The Kier molecular flexibility index (Phi) is 3.92. The maximum absolute atomic E-state index is 12.9. The number of nitrogens with zero attached hydrogens (tertiary/aromatic N) is 2. The van der Waals surface area contributed by atoms with E-state index in [1.54, 1.807) is 6.20 Å². The van der Waals surface area contributed by atoms with Crippen molar-refractivity contribution in [1.29, 1.82) is 0 Å². The molecule has 0 spiro atoms. The number of hydrogen-bond donors (Lipinski definition) is 2. The second-order valence-corrected chi connectivity index (χ2v) is 5.71. The number of carbonyl (C=O) groups is 1. The molecule has 1 aromatic heterocycles. The number of nitrogens with one attached hydrogen (secondary N) is 2. The predicted octanol–water partition coefficient (Wildman–Crippen LogP) is 2.17. The van der Waals surface area contributed by atoms with E-state index in [9.17, 15) is 4.79 Å². The molecule has 1 amide bonds. The van der Waals surface area contributed by atoms with Crippen LogP contribution in [0.4, 0.5) is 0 Å². The van der Waals surface area contributed by atoms with Crippen molar-refractivity contribution < 1.29 is 4.79 Å². The average molecular weight is 286 g/mol. The smallest absolute Gasteiger partial charge is 0.254 e. The van der Waals surface area contributed by atoms with Gasteiger partial charge in [0.05, 0.1) is 11.7 Å². The number of benzene rings is 1. The van der Waals surface area contributed by atoms with Crippen LogP contribution in [-0.4, -0.2) is 46.2 Å². The fraction of sp³-hybridized carbons (Fsp3) is 0.500. The summed E-state index contributed by atoms with van der Waals surface area (Å²) >= 11 is 0. The fourth-order valence-corrected chi connectivity index (χ4v) is 2.99. The van der Waals surface area contributed by atoms with Crippen LogP contribution in [0.15, 0.2) is 24.4 Å². The van der Waals surface area contributed by atoms with Crippen LogP contribution in [-0.2, 0) is 0 Å². The molecule has 1 aliphatic heterocycles. The molecule has 2 N–H and O–H groups in total. The third-order valence-corrected chi connectivity index (χ3v) is 4.41. The van der Waals surface area contributed by atoms with Gasteiger partial charge in [-0.25, -0.2) is 0 Å². The van der Waals surface area contributed by atoms with Gasteiger partial charge in [0, 0.05) is 36.1 Å². The standard InChI is InChI=1S/C16H22N4O/c1-3-13-10-20(14(4-2)9-17-13)16(21)11-5-6-12-8-18-19-15(12)7-11/h5-8,13-14,17H,3-4,9-10H2,1-2H3,(H,18,19). The van der Waals surface area contributed by atoms with Gasteiger partial charge >= 0.3 is 0 Å². The molecule has 5 heteroatoms. The van der Waals surface area contributed by atoms with Crippen LogP contribution in [0.3, 0.4) is 0 Å². The number of rotatable bonds is 3. The molecule has 1 aromatic carbocycles. The number of hydrogen-bond acceptors (Lipinski definition) is 3. The van der Waals surface area contributed by atoms with E-state index in [2.05, 4.69) is 29.4 Å². The van der Waals surface area contributed by atoms with Crippen molar-refractivity contribution in [3.05, 3.63) is 30.0 Å². The van der Waals surface area contributed by atoms with Crippen molar-refractivity contribution in [2.75, 3.05) is 13.1 Å². The minimum Gasteiger partial charge on any atom is -0.333 e. The molecular weight excluding hydrogens is 264 g/mol.